The summed E-state index contributed by atoms with van der Waals surface area (Å²) in [5.74, 6) is -0.493. The SMILES string of the molecule is O=C(N[C@@H]1CCCN(Cc2ccccc2F)C1)c1c[nH]c(=O)c(Cl)c1. The number of aromatic amines is 1. The molecule has 7 heteroatoms. The number of carbonyl (C=O) groups excluding carboxylic acids is 1. The number of hydrogen-bond donors (Lipinski definition) is 2. The van der Waals surface area contributed by atoms with Crippen LogP contribution in [0.15, 0.2) is 41.3 Å². The van der Waals surface area contributed by atoms with Gasteiger partial charge in [0.2, 0.25) is 0 Å². The van der Waals surface area contributed by atoms with E-state index in [1.54, 1.807) is 12.1 Å². The molecule has 1 saturated heterocycles. The molecular formula is C18H19ClFN3O2. The van der Waals surface area contributed by atoms with E-state index < -0.39 is 5.56 Å². The number of halogens is 2. The van der Waals surface area contributed by atoms with Gasteiger partial charge in [-0.3, -0.25) is 14.5 Å². The molecule has 1 amide bonds. The fraction of sp³-hybridized carbons (Fsp3) is 0.333. The Morgan fingerprint density at radius 3 is 2.96 bits per heavy atom. The van der Waals surface area contributed by atoms with Crippen LogP contribution in [0, 0.1) is 5.82 Å². The monoisotopic (exact) mass is 363 g/mol. The normalized spacial score (nSPS) is 18.1. The molecule has 1 aromatic heterocycles. The number of H-pyrrole nitrogens is 1. The number of aromatic nitrogens is 1. The molecule has 0 spiro atoms. The van der Waals surface area contributed by atoms with Gasteiger partial charge in [0.15, 0.2) is 0 Å². The number of rotatable bonds is 4. The van der Waals surface area contributed by atoms with Crippen LogP contribution in [0.3, 0.4) is 0 Å². The summed E-state index contributed by atoms with van der Waals surface area (Å²) in [4.78, 5) is 28.2. The summed E-state index contributed by atoms with van der Waals surface area (Å²) in [5, 5.41) is 2.94. The third-order valence-corrected chi connectivity index (χ3v) is 4.59. The van der Waals surface area contributed by atoms with E-state index in [4.69, 9.17) is 11.6 Å². The fourth-order valence-corrected chi connectivity index (χ4v) is 3.21. The lowest BCUT2D eigenvalue weighted by atomic mass is 10.0. The Bertz CT molecular complexity index is 824. The first kappa shape index (κ1) is 17.6. The molecule has 2 aromatic rings. The number of carbonyl (C=O) groups is 1. The second-order valence-electron chi connectivity index (χ2n) is 6.20. The van der Waals surface area contributed by atoms with Crippen molar-refractivity contribution in [3.8, 4) is 0 Å². The van der Waals surface area contributed by atoms with Gasteiger partial charge in [-0.15, -0.1) is 0 Å². The second-order valence-corrected chi connectivity index (χ2v) is 6.61. The quantitative estimate of drug-likeness (QED) is 0.877. The van der Waals surface area contributed by atoms with E-state index in [2.05, 4.69) is 15.2 Å². The van der Waals surface area contributed by atoms with Crippen LogP contribution in [0.25, 0.3) is 0 Å². The first-order valence-electron chi connectivity index (χ1n) is 8.18. The van der Waals surface area contributed by atoms with E-state index in [9.17, 15) is 14.0 Å². The van der Waals surface area contributed by atoms with Crippen molar-refractivity contribution >= 4 is 17.5 Å². The molecule has 1 aromatic carbocycles. The van der Waals surface area contributed by atoms with Crippen LogP contribution in [0.4, 0.5) is 4.39 Å². The van der Waals surface area contributed by atoms with Gasteiger partial charge in [-0.25, -0.2) is 4.39 Å². The molecule has 0 unspecified atom stereocenters. The lowest BCUT2D eigenvalue weighted by molar-refractivity contribution is 0.0900. The Kier molecular flexibility index (Phi) is 5.50. The molecule has 2 N–H and O–H groups in total. The van der Waals surface area contributed by atoms with Crippen LogP contribution < -0.4 is 10.9 Å². The number of nitrogens with one attached hydrogen (secondary N) is 2. The average Bonchev–Trinajstić information content (AvgIpc) is 2.60. The Morgan fingerprint density at radius 1 is 1.40 bits per heavy atom. The number of likely N-dealkylation sites (tertiary alicyclic amines) is 1. The lowest BCUT2D eigenvalue weighted by Crippen LogP contribution is -2.47. The molecule has 132 valence electrons. The van der Waals surface area contributed by atoms with Gasteiger partial charge in [0.25, 0.3) is 11.5 Å². The second kappa shape index (κ2) is 7.80. The van der Waals surface area contributed by atoms with E-state index in [-0.39, 0.29) is 22.8 Å². The smallest absolute Gasteiger partial charge is 0.266 e. The van der Waals surface area contributed by atoms with Gasteiger partial charge in [-0.05, 0) is 31.5 Å². The minimum absolute atomic E-state index is 0.0162. The molecule has 1 fully saturated rings. The molecule has 1 aliphatic rings. The number of nitrogens with zero attached hydrogens (tertiary/aromatic N) is 1. The van der Waals surface area contributed by atoms with Crippen molar-refractivity contribution in [3.05, 3.63) is 68.8 Å². The molecule has 3 rings (SSSR count). The molecule has 1 aliphatic heterocycles. The van der Waals surface area contributed by atoms with Crippen LogP contribution in [-0.4, -0.2) is 34.9 Å². The molecule has 0 radical (unpaired) electrons. The zero-order valence-electron chi connectivity index (χ0n) is 13.6. The van der Waals surface area contributed by atoms with Gasteiger partial charge >= 0.3 is 0 Å². The highest BCUT2D eigenvalue weighted by Gasteiger charge is 2.22. The lowest BCUT2D eigenvalue weighted by Gasteiger charge is -2.33. The van der Waals surface area contributed by atoms with Gasteiger partial charge in [-0.2, -0.15) is 0 Å². The van der Waals surface area contributed by atoms with Gasteiger partial charge in [0.1, 0.15) is 10.8 Å². The maximum atomic E-state index is 13.8. The summed E-state index contributed by atoms with van der Waals surface area (Å²) >= 11 is 5.76. The Balaban J connectivity index is 1.61. The molecule has 0 aliphatic carbocycles. The minimum atomic E-state index is -0.424. The van der Waals surface area contributed by atoms with Crippen molar-refractivity contribution < 1.29 is 9.18 Å². The highest BCUT2D eigenvalue weighted by molar-refractivity contribution is 6.30. The first-order valence-corrected chi connectivity index (χ1v) is 8.55. The summed E-state index contributed by atoms with van der Waals surface area (Å²) in [6.45, 7) is 2.03. The third kappa shape index (κ3) is 4.46. The zero-order valence-corrected chi connectivity index (χ0v) is 14.4. The van der Waals surface area contributed by atoms with Crippen LogP contribution in [0.1, 0.15) is 28.8 Å². The van der Waals surface area contributed by atoms with Crippen molar-refractivity contribution in [1.82, 2.24) is 15.2 Å². The number of piperidine rings is 1. The van der Waals surface area contributed by atoms with E-state index >= 15 is 0 Å². The largest absolute Gasteiger partial charge is 0.348 e. The Morgan fingerprint density at radius 2 is 2.20 bits per heavy atom. The summed E-state index contributed by atoms with van der Waals surface area (Å²) < 4.78 is 13.8. The number of hydrogen-bond acceptors (Lipinski definition) is 3. The standard InChI is InChI=1S/C18H19ClFN3O2/c19-15-8-13(9-21-18(15)25)17(24)22-14-5-3-7-23(11-14)10-12-4-1-2-6-16(12)20/h1-2,4,6,8-9,14H,3,5,7,10-11H2,(H,21,25)(H,22,24)/t14-/m1/s1. The van der Waals surface area contributed by atoms with Crippen molar-refractivity contribution in [2.45, 2.75) is 25.4 Å². The van der Waals surface area contributed by atoms with Crippen molar-refractivity contribution in [2.75, 3.05) is 13.1 Å². The summed E-state index contributed by atoms with van der Waals surface area (Å²) in [5.41, 5.74) is 0.546. The fourth-order valence-electron chi connectivity index (χ4n) is 3.04. The van der Waals surface area contributed by atoms with Crippen molar-refractivity contribution in [1.29, 1.82) is 0 Å². The van der Waals surface area contributed by atoms with E-state index in [0.717, 1.165) is 19.4 Å². The van der Waals surface area contributed by atoms with Crippen LogP contribution in [-0.2, 0) is 6.54 Å². The molecule has 0 bridgehead atoms. The molecule has 1 atom stereocenters. The molecule has 2 heterocycles. The van der Waals surface area contributed by atoms with Crippen molar-refractivity contribution in [2.24, 2.45) is 0 Å². The maximum Gasteiger partial charge on any atom is 0.266 e. The average molecular weight is 364 g/mol. The first-order chi connectivity index (χ1) is 12.0. The Labute approximate surface area is 149 Å². The molecule has 0 saturated carbocycles. The minimum Gasteiger partial charge on any atom is -0.348 e. The van der Waals surface area contributed by atoms with Gasteiger partial charge in [-0.1, -0.05) is 29.8 Å². The predicted octanol–water partition coefficient (Wildman–Crippen LogP) is 2.56. The maximum absolute atomic E-state index is 13.8. The number of benzene rings is 1. The summed E-state index contributed by atoms with van der Waals surface area (Å²) in [7, 11) is 0. The summed E-state index contributed by atoms with van der Waals surface area (Å²) in [6, 6.07) is 8.06. The van der Waals surface area contributed by atoms with Crippen LogP contribution in [0.2, 0.25) is 5.02 Å². The Hall–Kier alpha value is -2.18. The van der Waals surface area contributed by atoms with Crippen LogP contribution in [0.5, 0.6) is 0 Å². The molecule has 25 heavy (non-hydrogen) atoms. The van der Waals surface area contributed by atoms with Gasteiger partial charge in [0, 0.05) is 30.9 Å². The van der Waals surface area contributed by atoms with Crippen LogP contribution >= 0.6 is 11.6 Å². The molecular weight excluding hydrogens is 345 g/mol. The highest BCUT2D eigenvalue weighted by Crippen LogP contribution is 2.16. The van der Waals surface area contributed by atoms with Gasteiger partial charge < -0.3 is 10.3 Å². The van der Waals surface area contributed by atoms with E-state index in [1.165, 1.54) is 18.3 Å². The number of pyridine rings is 1. The summed E-state index contributed by atoms with van der Waals surface area (Å²) in [6.07, 6.45) is 3.13. The zero-order chi connectivity index (χ0) is 17.8. The van der Waals surface area contributed by atoms with E-state index in [0.29, 0.717) is 24.2 Å². The molecule has 5 nitrogen and oxygen atoms in total. The van der Waals surface area contributed by atoms with Crippen molar-refractivity contribution in [3.63, 3.8) is 0 Å². The predicted molar refractivity (Wildman–Crippen MR) is 94.2 cm³/mol. The van der Waals surface area contributed by atoms with Gasteiger partial charge in [0.05, 0.1) is 5.56 Å². The highest BCUT2D eigenvalue weighted by atomic mass is 35.5. The topological polar surface area (TPSA) is 65.2 Å². The van der Waals surface area contributed by atoms with E-state index in [1.807, 2.05) is 6.07 Å². The third-order valence-electron chi connectivity index (χ3n) is 4.31. The number of amides is 1.